The molecule has 2 N–H and O–H groups in total. The van der Waals surface area contributed by atoms with Gasteiger partial charge in [0.05, 0.1) is 19.8 Å². The van der Waals surface area contributed by atoms with Crippen LogP contribution in [0, 0.1) is 0 Å². The molecule has 1 atom stereocenters. The first-order valence-electron chi connectivity index (χ1n) is 5.99. The Kier molecular flexibility index (Phi) is 4.04. The number of carbonyl (C=O) groups excluding carboxylic acids is 1. The zero-order valence-corrected chi connectivity index (χ0v) is 10.7. The Bertz CT molecular complexity index is 428. The fraction of sp³-hybridized carbons (Fsp3) is 0.462. The van der Waals surface area contributed by atoms with Crippen molar-refractivity contribution >= 4 is 5.91 Å². The monoisotopic (exact) mass is 250 g/mol. The highest BCUT2D eigenvalue weighted by Crippen LogP contribution is 2.30. The van der Waals surface area contributed by atoms with E-state index in [1.54, 1.807) is 25.3 Å². The molecule has 98 valence electrons. The van der Waals surface area contributed by atoms with Crippen molar-refractivity contribution in [2.75, 3.05) is 27.3 Å². The second kappa shape index (κ2) is 5.73. The molecule has 0 saturated carbocycles. The van der Waals surface area contributed by atoms with Crippen LogP contribution in [-0.2, 0) is 0 Å². The topological polar surface area (TPSA) is 59.6 Å². The average molecular weight is 250 g/mol. The third-order valence-electron chi connectivity index (χ3n) is 3.04. The maximum Gasteiger partial charge on any atom is 0.255 e. The third-order valence-corrected chi connectivity index (χ3v) is 3.04. The molecule has 0 aliphatic carbocycles. The molecule has 0 unspecified atom stereocenters. The SMILES string of the molecule is COc1cccc(C(=O)N[C@@H]2CCNC2)c1OC. The lowest BCUT2D eigenvalue weighted by Gasteiger charge is -2.15. The van der Waals surface area contributed by atoms with Crippen LogP contribution in [0.15, 0.2) is 18.2 Å². The van der Waals surface area contributed by atoms with E-state index in [2.05, 4.69) is 10.6 Å². The fourth-order valence-corrected chi connectivity index (χ4v) is 2.11. The number of rotatable bonds is 4. The Morgan fingerprint density at radius 2 is 2.22 bits per heavy atom. The van der Waals surface area contributed by atoms with Crippen LogP contribution < -0.4 is 20.1 Å². The lowest BCUT2D eigenvalue weighted by molar-refractivity contribution is 0.0936. The molecule has 0 radical (unpaired) electrons. The first-order chi connectivity index (χ1) is 8.76. The van der Waals surface area contributed by atoms with Crippen LogP contribution in [0.25, 0.3) is 0 Å². The summed E-state index contributed by atoms with van der Waals surface area (Å²) in [6.07, 6.45) is 0.956. The molecule has 1 aliphatic heterocycles. The van der Waals surface area contributed by atoms with Crippen molar-refractivity contribution in [3.63, 3.8) is 0 Å². The van der Waals surface area contributed by atoms with Crippen molar-refractivity contribution in [1.82, 2.24) is 10.6 Å². The van der Waals surface area contributed by atoms with E-state index in [4.69, 9.17) is 9.47 Å². The molecule has 1 amide bonds. The molecule has 0 aromatic heterocycles. The first-order valence-corrected chi connectivity index (χ1v) is 5.99. The number of methoxy groups -OCH3 is 2. The van der Waals surface area contributed by atoms with Gasteiger partial charge in [-0.15, -0.1) is 0 Å². The van der Waals surface area contributed by atoms with Gasteiger partial charge in [0.25, 0.3) is 5.91 Å². The summed E-state index contributed by atoms with van der Waals surface area (Å²) < 4.78 is 10.4. The number of amides is 1. The molecule has 5 heteroatoms. The summed E-state index contributed by atoms with van der Waals surface area (Å²) in [4.78, 5) is 12.2. The maximum absolute atomic E-state index is 12.2. The van der Waals surface area contributed by atoms with E-state index in [9.17, 15) is 4.79 Å². The Morgan fingerprint density at radius 3 is 2.83 bits per heavy atom. The van der Waals surface area contributed by atoms with Crippen molar-refractivity contribution in [3.05, 3.63) is 23.8 Å². The second-order valence-electron chi connectivity index (χ2n) is 4.20. The minimum Gasteiger partial charge on any atom is -0.493 e. The van der Waals surface area contributed by atoms with E-state index >= 15 is 0 Å². The molecule has 18 heavy (non-hydrogen) atoms. The second-order valence-corrected chi connectivity index (χ2v) is 4.20. The van der Waals surface area contributed by atoms with Crippen molar-refractivity contribution in [2.24, 2.45) is 0 Å². The van der Waals surface area contributed by atoms with Crippen molar-refractivity contribution in [2.45, 2.75) is 12.5 Å². The third kappa shape index (κ3) is 2.56. The summed E-state index contributed by atoms with van der Waals surface area (Å²) in [6.45, 7) is 1.76. The number of ether oxygens (including phenoxy) is 2. The molecular weight excluding hydrogens is 232 g/mol. The number of hydrogen-bond acceptors (Lipinski definition) is 4. The van der Waals surface area contributed by atoms with Gasteiger partial charge in [-0.1, -0.05) is 6.07 Å². The zero-order valence-electron chi connectivity index (χ0n) is 10.7. The van der Waals surface area contributed by atoms with Crippen LogP contribution in [0.4, 0.5) is 0 Å². The van der Waals surface area contributed by atoms with Gasteiger partial charge in [0, 0.05) is 12.6 Å². The summed E-state index contributed by atoms with van der Waals surface area (Å²) >= 11 is 0. The zero-order chi connectivity index (χ0) is 13.0. The van der Waals surface area contributed by atoms with Crippen molar-refractivity contribution < 1.29 is 14.3 Å². The molecule has 0 spiro atoms. The van der Waals surface area contributed by atoms with Crippen LogP contribution in [0.3, 0.4) is 0 Å². The number of hydrogen-bond donors (Lipinski definition) is 2. The average Bonchev–Trinajstić information content (AvgIpc) is 2.90. The van der Waals surface area contributed by atoms with Gasteiger partial charge in [-0.25, -0.2) is 0 Å². The van der Waals surface area contributed by atoms with Crippen LogP contribution in [0.1, 0.15) is 16.8 Å². The lowest BCUT2D eigenvalue weighted by Crippen LogP contribution is -2.36. The predicted molar refractivity (Wildman–Crippen MR) is 68.3 cm³/mol. The Hall–Kier alpha value is -1.75. The lowest BCUT2D eigenvalue weighted by atomic mass is 10.1. The van der Waals surface area contributed by atoms with Crippen LogP contribution in [0.5, 0.6) is 11.5 Å². The molecule has 0 bridgehead atoms. The highest BCUT2D eigenvalue weighted by molar-refractivity contribution is 5.98. The van der Waals surface area contributed by atoms with Gasteiger partial charge in [0.15, 0.2) is 11.5 Å². The van der Waals surface area contributed by atoms with E-state index in [1.165, 1.54) is 7.11 Å². The minimum absolute atomic E-state index is 0.126. The number of nitrogens with one attached hydrogen (secondary N) is 2. The van der Waals surface area contributed by atoms with Crippen molar-refractivity contribution in [3.8, 4) is 11.5 Å². The van der Waals surface area contributed by atoms with E-state index < -0.39 is 0 Å². The molecule has 5 nitrogen and oxygen atoms in total. The maximum atomic E-state index is 12.2. The Morgan fingerprint density at radius 1 is 1.39 bits per heavy atom. The van der Waals surface area contributed by atoms with Gasteiger partial charge in [-0.05, 0) is 25.1 Å². The standard InChI is InChI=1S/C13H18N2O3/c1-17-11-5-3-4-10(12(11)18-2)13(16)15-9-6-7-14-8-9/h3-5,9,14H,6-8H2,1-2H3,(H,15,16)/t9-/m1/s1. The largest absolute Gasteiger partial charge is 0.493 e. The quantitative estimate of drug-likeness (QED) is 0.829. The summed E-state index contributed by atoms with van der Waals surface area (Å²) in [5.41, 5.74) is 0.503. The number of para-hydroxylation sites is 1. The van der Waals surface area contributed by atoms with E-state index in [-0.39, 0.29) is 11.9 Å². The van der Waals surface area contributed by atoms with Crippen LogP contribution in [0.2, 0.25) is 0 Å². The fourth-order valence-electron chi connectivity index (χ4n) is 2.11. The van der Waals surface area contributed by atoms with Gasteiger partial charge in [0.2, 0.25) is 0 Å². The summed E-state index contributed by atoms with van der Waals surface area (Å²) in [6, 6.07) is 5.48. The van der Waals surface area contributed by atoms with E-state index in [1.807, 2.05) is 0 Å². The normalized spacial score (nSPS) is 18.4. The van der Waals surface area contributed by atoms with Crippen LogP contribution >= 0.6 is 0 Å². The van der Waals surface area contributed by atoms with Crippen LogP contribution in [-0.4, -0.2) is 39.3 Å². The van der Waals surface area contributed by atoms with Gasteiger partial charge >= 0.3 is 0 Å². The van der Waals surface area contributed by atoms with E-state index in [0.717, 1.165) is 19.5 Å². The molecule has 1 fully saturated rings. The highest BCUT2D eigenvalue weighted by atomic mass is 16.5. The highest BCUT2D eigenvalue weighted by Gasteiger charge is 2.21. The molecule has 1 aromatic carbocycles. The first kappa shape index (κ1) is 12.7. The molecule has 2 rings (SSSR count). The summed E-state index contributed by atoms with van der Waals surface area (Å²) in [7, 11) is 3.09. The Labute approximate surface area is 106 Å². The van der Waals surface area contributed by atoms with E-state index in [0.29, 0.717) is 17.1 Å². The predicted octanol–water partition coefficient (Wildman–Crippen LogP) is 0.795. The summed E-state index contributed by atoms with van der Waals surface area (Å²) in [5, 5.41) is 6.19. The minimum atomic E-state index is -0.126. The van der Waals surface area contributed by atoms with Gasteiger partial charge in [-0.3, -0.25) is 4.79 Å². The number of carbonyl (C=O) groups is 1. The number of benzene rings is 1. The summed E-state index contributed by atoms with van der Waals surface area (Å²) in [5.74, 6) is 0.914. The molecule has 1 aromatic rings. The molecule has 1 aliphatic rings. The Balaban J connectivity index is 2.18. The van der Waals surface area contributed by atoms with Gasteiger partial charge < -0.3 is 20.1 Å². The van der Waals surface area contributed by atoms with Gasteiger partial charge in [-0.2, -0.15) is 0 Å². The smallest absolute Gasteiger partial charge is 0.255 e. The van der Waals surface area contributed by atoms with Gasteiger partial charge in [0.1, 0.15) is 0 Å². The molecule has 1 saturated heterocycles. The molecular formula is C13H18N2O3. The molecule has 1 heterocycles. The van der Waals surface area contributed by atoms with Crippen molar-refractivity contribution in [1.29, 1.82) is 0 Å².